The van der Waals surface area contributed by atoms with Crippen LogP contribution in [0, 0.1) is 5.92 Å². The van der Waals surface area contributed by atoms with E-state index in [-0.39, 0.29) is 11.9 Å². The molecule has 4 nitrogen and oxygen atoms in total. The quantitative estimate of drug-likeness (QED) is 0.844. The van der Waals surface area contributed by atoms with Crippen LogP contribution < -0.4 is 11.5 Å². The lowest BCUT2D eigenvalue weighted by molar-refractivity contribution is -0.119. The predicted molar refractivity (Wildman–Crippen MR) is 83.4 cm³/mol. The van der Waals surface area contributed by atoms with E-state index in [9.17, 15) is 4.79 Å². The Kier molecular flexibility index (Phi) is 5.57. The summed E-state index contributed by atoms with van der Waals surface area (Å²) in [5.74, 6) is 0.271. The van der Waals surface area contributed by atoms with Crippen molar-refractivity contribution in [2.75, 3.05) is 13.1 Å². The van der Waals surface area contributed by atoms with Crippen molar-refractivity contribution in [2.45, 2.75) is 44.7 Å². The second kappa shape index (κ2) is 7.20. The zero-order valence-corrected chi connectivity index (χ0v) is 12.9. The van der Waals surface area contributed by atoms with Gasteiger partial charge in [0.2, 0.25) is 5.91 Å². The highest BCUT2D eigenvalue weighted by Crippen LogP contribution is 2.31. The first-order valence-corrected chi connectivity index (χ1v) is 8.36. The van der Waals surface area contributed by atoms with Crippen LogP contribution in [-0.4, -0.2) is 29.9 Å². The van der Waals surface area contributed by atoms with E-state index in [4.69, 9.17) is 11.5 Å². The summed E-state index contributed by atoms with van der Waals surface area (Å²) in [6, 6.07) is 2.65. The molecule has 5 heteroatoms. The highest BCUT2D eigenvalue weighted by molar-refractivity contribution is 7.07. The number of piperidine rings is 1. The van der Waals surface area contributed by atoms with Crippen molar-refractivity contribution in [3.05, 3.63) is 22.4 Å². The van der Waals surface area contributed by atoms with Gasteiger partial charge in [0.05, 0.1) is 6.04 Å². The second-order valence-corrected chi connectivity index (χ2v) is 6.50. The molecule has 0 radical (unpaired) electrons. The minimum absolute atomic E-state index is 0.164. The molecular formula is C15H25N3OS. The molecule has 1 aliphatic heterocycles. The fourth-order valence-electron chi connectivity index (χ4n) is 3.12. The van der Waals surface area contributed by atoms with E-state index in [1.807, 2.05) is 0 Å². The molecule has 0 aromatic carbocycles. The van der Waals surface area contributed by atoms with Crippen LogP contribution in [0.3, 0.4) is 0 Å². The molecule has 4 N–H and O–H groups in total. The number of rotatable bonds is 6. The summed E-state index contributed by atoms with van der Waals surface area (Å²) in [5.41, 5.74) is 13.0. The Morgan fingerprint density at radius 3 is 2.70 bits per heavy atom. The van der Waals surface area contributed by atoms with Crippen LogP contribution >= 0.6 is 11.3 Å². The maximum absolute atomic E-state index is 11.0. The van der Waals surface area contributed by atoms with Crippen molar-refractivity contribution in [1.82, 2.24) is 4.90 Å². The average molecular weight is 295 g/mol. The van der Waals surface area contributed by atoms with Gasteiger partial charge in [-0.25, -0.2) is 0 Å². The van der Waals surface area contributed by atoms with Crippen LogP contribution in [0.2, 0.25) is 0 Å². The number of hydrogen-bond acceptors (Lipinski definition) is 4. The summed E-state index contributed by atoms with van der Waals surface area (Å²) < 4.78 is 0. The summed E-state index contributed by atoms with van der Waals surface area (Å²) in [7, 11) is 0. The number of hydrogen-bond donors (Lipinski definition) is 2. The summed E-state index contributed by atoms with van der Waals surface area (Å²) in [6.07, 6.45) is 3.58. The fourth-order valence-corrected chi connectivity index (χ4v) is 3.80. The van der Waals surface area contributed by atoms with E-state index in [0.29, 0.717) is 18.4 Å². The Hall–Kier alpha value is -0.910. The van der Waals surface area contributed by atoms with Gasteiger partial charge in [-0.05, 0) is 60.7 Å². The van der Waals surface area contributed by atoms with E-state index in [0.717, 1.165) is 32.4 Å². The first-order valence-electron chi connectivity index (χ1n) is 7.41. The molecule has 20 heavy (non-hydrogen) atoms. The molecule has 2 rings (SSSR count). The van der Waals surface area contributed by atoms with Gasteiger partial charge in [-0.3, -0.25) is 9.69 Å². The number of amides is 1. The lowest BCUT2D eigenvalue weighted by Gasteiger charge is -2.39. The van der Waals surface area contributed by atoms with E-state index < -0.39 is 0 Å². The van der Waals surface area contributed by atoms with Crippen molar-refractivity contribution in [1.29, 1.82) is 0 Å². The predicted octanol–water partition coefficient (Wildman–Crippen LogP) is 2.11. The van der Waals surface area contributed by atoms with Gasteiger partial charge < -0.3 is 11.5 Å². The highest BCUT2D eigenvalue weighted by Gasteiger charge is 2.30. The zero-order chi connectivity index (χ0) is 14.5. The first-order chi connectivity index (χ1) is 9.61. The van der Waals surface area contributed by atoms with Crippen LogP contribution in [0.15, 0.2) is 16.8 Å². The molecule has 1 aromatic rings. The van der Waals surface area contributed by atoms with Crippen LogP contribution in [-0.2, 0) is 4.79 Å². The number of nitrogens with two attached hydrogens (primary N) is 2. The molecule has 2 heterocycles. The second-order valence-electron chi connectivity index (χ2n) is 5.72. The minimum atomic E-state index is -0.178. The molecule has 112 valence electrons. The summed E-state index contributed by atoms with van der Waals surface area (Å²) >= 11 is 1.73. The summed E-state index contributed by atoms with van der Waals surface area (Å²) in [4.78, 5) is 13.5. The van der Waals surface area contributed by atoms with Gasteiger partial charge in [0, 0.05) is 12.5 Å². The number of likely N-dealkylation sites (tertiary alicyclic amines) is 1. The highest BCUT2D eigenvalue weighted by atomic mass is 32.1. The lowest BCUT2D eigenvalue weighted by Crippen LogP contribution is -2.44. The van der Waals surface area contributed by atoms with Gasteiger partial charge in [0.1, 0.15) is 0 Å². The van der Waals surface area contributed by atoms with Crippen molar-refractivity contribution in [3.63, 3.8) is 0 Å². The Morgan fingerprint density at radius 1 is 1.50 bits per heavy atom. The molecule has 1 fully saturated rings. The number of nitrogens with zero attached hydrogens (tertiary/aromatic N) is 1. The molecule has 0 bridgehead atoms. The van der Waals surface area contributed by atoms with Crippen molar-refractivity contribution in [2.24, 2.45) is 17.4 Å². The fraction of sp³-hybridized carbons (Fsp3) is 0.667. The number of carbonyl (C=O) groups excluding carboxylic acids is 1. The lowest BCUT2D eigenvalue weighted by atomic mass is 9.90. The van der Waals surface area contributed by atoms with Crippen LogP contribution in [0.4, 0.5) is 0 Å². The van der Waals surface area contributed by atoms with Crippen molar-refractivity contribution < 1.29 is 4.79 Å². The number of thiophene rings is 1. The molecule has 0 spiro atoms. The largest absolute Gasteiger partial charge is 0.370 e. The van der Waals surface area contributed by atoms with Gasteiger partial charge in [-0.2, -0.15) is 11.3 Å². The van der Waals surface area contributed by atoms with E-state index in [2.05, 4.69) is 28.7 Å². The third kappa shape index (κ3) is 3.81. The molecule has 2 atom stereocenters. The Labute approximate surface area is 125 Å². The number of carbonyl (C=O) groups is 1. The molecule has 1 aromatic heterocycles. The van der Waals surface area contributed by atoms with Gasteiger partial charge in [-0.15, -0.1) is 0 Å². The van der Waals surface area contributed by atoms with Gasteiger partial charge in [0.25, 0.3) is 0 Å². The first kappa shape index (κ1) is 15.5. The van der Waals surface area contributed by atoms with E-state index in [1.54, 1.807) is 11.3 Å². The van der Waals surface area contributed by atoms with Gasteiger partial charge in [0.15, 0.2) is 0 Å². The Morgan fingerprint density at radius 2 is 2.20 bits per heavy atom. The number of primary amides is 1. The SMILES string of the molecule is CCC(N)C(c1ccsc1)N1CCC(CC(N)=O)CC1. The maximum Gasteiger partial charge on any atom is 0.217 e. The van der Waals surface area contributed by atoms with E-state index >= 15 is 0 Å². The molecule has 1 saturated heterocycles. The molecule has 2 unspecified atom stereocenters. The Bertz CT molecular complexity index is 413. The monoisotopic (exact) mass is 295 g/mol. The molecule has 1 aliphatic rings. The standard InChI is InChI=1S/C15H25N3OS/c1-2-13(16)15(12-5-8-20-10-12)18-6-3-11(4-7-18)9-14(17)19/h5,8,10-11,13,15H,2-4,6-7,9,16H2,1H3,(H2,17,19). The summed E-state index contributed by atoms with van der Waals surface area (Å²) in [5, 5.41) is 4.32. The molecule has 0 aliphatic carbocycles. The van der Waals surface area contributed by atoms with Gasteiger partial charge >= 0.3 is 0 Å². The van der Waals surface area contributed by atoms with Crippen LogP contribution in [0.5, 0.6) is 0 Å². The third-order valence-electron chi connectivity index (χ3n) is 4.29. The zero-order valence-electron chi connectivity index (χ0n) is 12.1. The van der Waals surface area contributed by atoms with Gasteiger partial charge in [-0.1, -0.05) is 6.92 Å². The maximum atomic E-state index is 11.0. The average Bonchev–Trinajstić information content (AvgIpc) is 2.94. The van der Waals surface area contributed by atoms with Crippen molar-refractivity contribution >= 4 is 17.2 Å². The minimum Gasteiger partial charge on any atom is -0.370 e. The van der Waals surface area contributed by atoms with Crippen LogP contribution in [0.25, 0.3) is 0 Å². The van der Waals surface area contributed by atoms with Crippen LogP contribution in [0.1, 0.15) is 44.2 Å². The molecule has 1 amide bonds. The smallest absolute Gasteiger partial charge is 0.217 e. The molecular weight excluding hydrogens is 270 g/mol. The van der Waals surface area contributed by atoms with E-state index in [1.165, 1.54) is 5.56 Å². The summed E-state index contributed by atoms with van der Waals surface area (Å²) in [6.45, 7) is 4.15. The topological polar surface area (TPSA) is 72.3 Å². The normalized spacial score (nSPS) is 20.7. The van der Waals surface area contributed by atoms with Crippen molar-refractivity contribution in [3.8, 4) is 0 Å². The molecule has 0 saturated carbocycles. The third-order valence-corrected chi connectivity index (χ3v) is 5.00. The Balaban J connectivity index is 2.00.